The molecule has 4 aromatic heterocycles. The summed E-state index contributed by atoms with van der Waals surface area (Å²) in [5.41, 5.74) is 2.69. The highest BCUT2D eigenvalue weighted by molar-refractivity contribution is 7.14. The largest absolute Gasteiger partial charge is 0.343 e. The summed E-state index contributed by atoms with van der Waals surface area (Å²) < 4.78 is 17.3. The number of halogens is 1. The molecule has 1 N–H and O–H groups in total. The number of rotatable bonds is 7. The van der Waals surface area contributed by atoms with Gasteiger partial charge in [0.2, 0.25) is 11.9 Å². The third kappa shape index (κ3) is 6.00. The molecule has 190 valence electrons. The SMILES string of the molecule is CC(=O)N1CCC(n2cnc(C=Cc3csc(NC(=O)c4cccn4Cc4ccnc(F)c4)n3)c2)CC1. The van der Waals surface area contributed by atoms with Crippen molar-refractivity contribution in [3.8, 4) is 0 Å². The van der Waals surface area contributed by atoms with Gasteiger partial charge < -0.3 is 14.0 Å². The van der Waals surface area contributed by atoms with Crippen LogP contribution in [0, 0.1) is 5.95 Å². The molecule has 1 aliphatic rings. The number of hydrogen-bond donors (Lipinski definition) is 1. The second-order valence-electron chi connectivity index (χ2n) is 8.86. The molecule has 0 bridgehead atoms. The van der Waals surface area contributed by atoms with Gasteiger partial charge in [-0.2, -0.15) is 4.39 Å². The smallest absolute Gasteiger partial charge is 0.274 e. The number of hydrogen-bond acceptors (Lipinski definition) is 6. The first kappa shape index (κ1) is 24.6. The fourth-order valence-electron chi connectivity index (χ4n) is 4.37. The van der Waals surface area contributed by atoms with E-state index in [2.05, 4.69) is 24.8 Å². The van der Waals surface area contributed by atoms with Gasteiger partial charge >= 0.3 is 0 Å². The zero-order valence-corrected chi connectivity index (χ0v) is 21.1. The third-order valence-corrected chi connectivity index (χ3v) is 7.10. The Morgan fingerprint density at radius 3 is 2.78 bits per heavy atom. The van der Waals surface area contributed by atoms with Crippen molar-refractivity contribution >= 4 is 40.4 Å². The van der Waals surface area contributed by atoms with Crippen molar-refractivity contribution in [2.75, 3.05) is 18.4 Å². The zero-order chi connectivity index (χ0) is 25.8. The van der Waals surface area contributed by atoms with E-state index in [0.717, 1.165) is 31.6 Å². The summed E-state index contributed by atoms with van der Waals surface area (Å²) in [6, 6.07) is 6.88. The fourth-order valence-corrected chi connectivity index (χ4v) is 5.04. The average molecular weight is 520 g/mol. The van der Waals surface area contributed by atoms with E-state index < -0.39 is 5.95 Å². The monoisotopic (exact) mass is 519 g/mol. The maximum Gasteiger partial charge on any atom is 0.274 e. The lowest BCUT2D eigenvalue weighted by Crippen LogP contribution is -2.37. The number of imidazole rings is 1. The molecule has 5 heterocycles. The van der Waals surface area contributed by atoms with Crippen LogP contribution in [0.1, 0.15) is 53.2 Å². The molecule has 4 aromatic rings. The Labute approximate surface area is 217 Å². The lowest BCUT2D eigenvalue weighted by Gasteiger charge is -2.31. The lowest BCUT2D eigenvalue weighted by atomic mass is 10.1. The first-order valence-electron chi connectivity index (χ1n) is 11.9. The summed E-state index contributed by atoms with van der Waals surface area (Å²) in [6.07, 6.45) is 12.6. The lowest BCUT2D eigenvalue weighted by molar-refractivity contribution is -0.130. The maximum atomic E-state index is 13.4. The standard InChI is InChI=1S/C26H26FN7O2S/c1-18(35)32-11-7-22(8-12-32)34-15-20(29-17-34)4-5-21-16-37-26(30-21)31-25(36)23-3-2-10-33(23)14-19-6-9-28-24(27)13-19/h2-6,9-10,13,15-17,22H,7-8,11-12,14H2,1H3,(H,30,31,36). The molecule has 1 saturated heterocycles. The zero-order valence-electron chi connectivity index (χ0n) is 20.2. The Kier molecular flexibility index (Phi) is 7.22. The molecule has 0 spiro atoms. The summed E-state index contributed by atoms with van der Waals surface area (Å²) in [5.74, 6) is -0.720. The molecule has 37 heavy (non-hydrogen) atoms. The molecule has 2 amide bonds. The maximum absolute atomic E-state index is 13.4. The second-order valence-corrected chi connectivity index (χ2v) is 9.71. The average Bonchev–Trinajstić information content (AvgIpc) is 3.64. The van der Waals surface area contributed by atoms with Crippen LogP contribution in [0.5, 0.6) is 0 Å². The minimum Gasteiger partial charge on any atom is -0.343 e. The highest BCUT2D eigenvalue weighted by Gasteiger charge is 2.21. The number of nitrogens with one attached hydrogen (secondary N) is 1. The molecule has 0 aromatic carbocycles. The molecular formula is C26H26FN7O2S. The van der Waals surface area contributed by atoms with E-state index in [-0.39, 0.29) is 11.8 Å². The Balaban J connectivity index is 1.18. The summed E-state index contributed by atoms with van der Waals surface area (Å²) in [7, 11) is 0. The summed E-state index contributed by atoms with van der Waals surface area (Å²) >= 11 is 1.33. The van der Waals surface area contributed by atoms with Gasteiger partial charge in [0.1, 0.15) is 5.69 Å². The van der Waals surface area contributed by atoms with Crippen LogP contribution in [-0.2, 0) is 11.3 Å². The van der Waals surface area contributed by atoms with Gasteiger partial charge in [0.25, 0.3) is 5.91 Å². The van der Waals surface area contributed by atoms with Crippen LogP contribution in [-0.4, -0.2) is 53.9 Å². The van der Waals surface area contributed by atoms with E-state index in [1.807, 2.05) is 35.0 Å². The fraction of sp³-hybridized carbons (Fsp3) is 0.269. The van der Waals surface area contributed by atoms with Gasteiger partial charge in [0.15, 0.2) is 5.13 Å². The molecule has 9 nitrogen and oxygen atoms in total. The minimum atomic E-state index is -0.555. The van der Waals surface area contributed by atoms with Crippen molar-refractivity contribution in [1.82, 2.24) is 29.0 Å². The van der Waals surface area contributed by atoms with Crippen molar-refractivity contribution in [1.29, 1.82) is 0 Å². The van der Waals surface area contributed by atoms with Gasteiger partial charge in [-0.05, 0) is 54.8 Å². The van der Waals surface area contributed by atoms with E-state index in [0.29, 0.717) is 34.7 Å². The molecular weight excluding hydrogens is 493 g/mol. The normalized spacial score (nSPS) is 14.4. The van der Waals surface area contributed by atoms with Crippen LogP contribution >= 0.6 is 11.3 Å². The van der Waals surface area contributed by atoms with Crippen LogP contribution in [0.4, 0.5) is 9.52 Å². The van der Waals surface area contributed by atoms with E-state index in [1.165, 1.54) is 23.6 Å². The molecule has 0 radical (unpaired) electrons. The number of aromatic nitrogens is 5. The summed E-state index contributed by atoms with van der Waals surface area (Å²) in [4.78, 5) is 38.8. The number of carbonyl (C=O) groups is 2. The van der Waals surface area contributed by atoms with E-state index in [1.54, 1.807) is 35.9 Å². The number of likely N-dealkylation sites (tertiary alicyclic amines) is 1. The van der Waals surface area contributed by atoms with Crippen molar-refractivity contribution in [3.05, 3.63) is 83.2 Å². The Morgan fingerprint density at radius 2 is 2.00 bits per heavy atom. The van der Waals surface area contributed by atoms with E-state index >= 15 is 0 Å². The number of pyridine rings is 1. The Morgan fingerprint density at radius 1 is 1.19 bits per heavy atom. The molecule has 0 aliphatic carbocycles. The minimum absolute atomic E-state index is 0.127. The van der Waals surface area contributed by atoms with Crippen LogP contribution in [0.2, 0.25) is 0 Å². The molecule has 1 aliphatic heterocycles. The number of thiazole rings is 1. The number of piperidine rings is 1. The Hall–Kier alpha value is -4.12. The molecule has 11 heteroatoms. The third-order valence-electron chi connectivity index (χ3n) is 6.33. The van der Waals surface area contributed by atoms with Gasteiger partial charge in [-0.3, -0.25) is 14.9 Å². The highest BCUT2D eigenvalue weighted by Crippen LogP contribution is 2.23. The molecule has 5 rings (SSSR count). The number of amides is 2. The molecule has 0 unspecified atom stereocenters. The summed E-state index contributed by atoms with van der Waals surface area (Å²) in [6.45, 7) is 3.50. The van der Waals surface area contributed by atoms with Crippen LogP contribution in [0.3, 0.4) is 0 Å². The quantitative estimate of drug-likeness (QED) is 0.367. The predicted molar refractivity (Wildman–Crippen MR) is 139 cm³/mol. The van der Waals surface area contributed by atoms with Gasteiger partial charge in [-0.1, -0.05) is 0 Å². The number of nitrogens with zero attached hydrogens (tertiary/aromatic N) is 6. The van der Waals surface area contributed by atoms with Gasteiger partial charge in [0.05, 0.1) is 17.7 Å². The molecule has 1 fully saturated rings. The number of carbonyl (C=O) groups excluding carboxylic acids is 2. The van der Waals surface area contributed by atoms with Gasteiger partial charge in [-0.15, -0.1) is 11.3 Å². The van der Waals surface area contributed by atoms with Crippen LogP contribution in [0.15, 0.2) is 54.6 Å². The molecule has 0 saturated carbocycles. The van der Waals surface area contributed by atoms with Gasteiger partial charge in [-0.25, -0.2) is 15.0 Å². The van der Waals surface area contributed by atoms with E-state index in [4.69, 9.17) is 0 Å². The molecule has 0 atom stereocenters. The van der Waals surface area contributed by atoms with Crippen molar-refractivity contribution in [2.24, 2.45) is 0 Å². The van der Waals surface area contributed by atoms with Crippen molar-refractivity contribution in [2.45, 2.75) is 32.4 Å². The highest BCUT2D eigenvalue weighted by atomic mass is 32.1. The van der Waals surface area contributed by atoms with Crippen molar-refractivity contribution in [3.63, 3.8) is 0 Å². The first-order valence-corrected chi connectivity index (χ1v) is 12.8. The topological polar surface area (TPSA) is 97.9 Å². The summed E-state index contributed by atoms with van der Waals surface area (Å²) in [5, 5.41) is 5.18. The number of anilines is 1. The Bertz CT molecular complexity index is 1430. The van der Waals surface area contributed by atoms with Crippen LogP contribution in [0.25, 0.3) is 12.2 Å². The first-order chi connectivity index (χ1) is 17.9. The van der Waals surface area contributed by atoms with Crippen molar-refractivity contribution < 1.29 is 14.0 Å². The predicted octanol–water partition coefficient (Wildman–Crippen LogP) is 4.33. The van der Waals surface area contributed by atoms with Gasteiger partial charge in [0, 0.05) is 56.6 Å². The van der Waals surface area contributed by atoms with E-state index in [9.17, 15) is 14.0 Å². The van der Waals surface area contributed by atoms with Crippen LogP contribution < -0.4 is 5.32 Å². The second kappa shape index (κ2) is 10.9.